The maximum absolute atomic E-state index is 11.7. The number of aliphatic hydroxyl groups is 1. The highest BCUT2D eigenvalue weighted by Crippen LogP contribution is 2.50. The Morgan fingerprint density at radius 1 is 0.964 bits per heavy atom. The molecule has 1 saturated carbocycles. The van der Waals surface area contributed by atoms with Crippen LogP contribution >= 0.6 is 0 Å². The van der Waals surface area contributed by atoms with E-state index in [2.05, 4.69) is 59.5 Å². The molecule has 2 unspecified atom stereocenters. The molecule has 2 aliphatic heterocycles. The van der Waals surface area contributed by atoms with Gasteiger partial charge < -0.3 is 5.11 Å². The van der Waals surface area contributed by atoms with E-state index < -0.39 is 5.60 Å². The molecule has 3 heteroatoms. The zero-order valence-electron chi connectivity index (χ0n) is 16.3. The summed E-state index contributed by atoms with van der Waals surface area (Å²) < 4.78 is 0. The SMILES string of the molecule is N#CC1(c2cccc(C3(O)CC4CCCC(C3)N4Cc3ccccc3)c2)CC1. The number of nitriles is 1. The van der Waals surface area contributed by atoms with Gasteiger partial charge in [-0.1, -0.05) is 61.0 Å². The standard InChI is InChI=1S/C25H28N2O/c26-18-24(12-13-24)20-8-4-9-21(14-20)25(28)15-22-10-5-11-23(16-25)27(22)17-19-6-2-1-3-7-19/h1-4,6-9,14,22-23,28H,5,10-13,15-17H2. The van der Waals surface area contributed by atoms with E-state index in [1.54, 1.807) is 0 Å². The van der Waals surface area contributed by atoms with Crippen molar-refractivity contribution in [3.05, 3.63) is 71.3 Å². The van der Waals surface area contributed by atoms with Gasteiger partial charge >= 0.3 is 0 Å². The molecule has 0 aromatic heterocycles. The summed E-state index contributed by atoms with van der Waals surface area (Å²) in [4.78, 5) is 2.63. The van der Waals surface area contributed by atoms with Gasteiger partial charge in [0.05, 0.1) is 17.1 Å². The van der Waals surface area contributed by atoms with Crippen LogP contribution in [0.1, 0.15) is 61.6 Å². The van der Waals surface area contributed by atoms with Gasteiger partial charge in [0.1, 0.15) is 0 Å². The molecule has 0 spiro atoms. The fourth-order valence-corrected chi connectivity index (χ4v) is 5.50. The Hall–Kier alpha value is -2.15. The van der Waals surface area contributed by atoms with Crippen LogP contribution in [-0.2, 0) is 17.6 Å². The van der Waals surface area contributed by atoms with Crippen LogP contribution in [0, 0.1) is 11.3 Å². The van der Waals surface area contributed by atoms with Gasteiger partial charge in [0.15, 0.2) is 0 Å². The third kappa shape index (κ3) is 3.05. The fourth-order valence-electron chi connectivity index (χ4n) is 5.50. The fraction of sp³-hybridized carbons (Fsp3) is 0.480. The molecule has 28 heavy (non-hydrogen) atoms. The summed E-state index contributed by atoms with van der Waals surface area (Å²) in [5.74, 6) is 0. The van der Waals surface area contributed by atoms with Crippen LogP contribution in [0.4, 0.5) is 0 Å². The van der Waals surface area contributed by atoms with Crippen LogP contribution in [0.2, 0.25) is 0 Å². The van der Waals surface area contributed by atoms with E-state index in [1.807, 2.05) is 6.07 Å². The van der Waals surface area contributed by atoms with Gasteiger partial charge in [0.2, 0.25) is 0 Å². The smallest absolute Gasteiger partial charge is 0.0926 e. The van der Waals surface area contributed by atoms with Gasteiger partial charge in [-0.15, -0.1) is 0 Å². The summed E-state index contributed by atoms with van der Waals surface area (Å²) in [5, 5.41) is 21.3. The molecule has 3 fully saturated rings. The lowest BCUT2D eigenvalue weighted by Crippen LogP contribution is -2.56. The molecule has 0 amide bonds. The van der Waals surface area contributed by atoms with Crippen molar-refractivity contribution in [2.24, 2.45) is 0 Å². The first-order valence-electron chi connectivity index (χ1n) is 10.7. The Bertz CT molecular complexity index is 882. The highest BCUT2D eigenvalue weighted by atomic mass is 16.3. The van der Waals surface area contributed by atoms with Gasteiger partial charge in [0, 0.05) is 18.6 Å². The number of hydrogen-bond donors (Lipinski definition) is 1. The van der Waals surface area contributed by atoms with Crippen molar-refractivity contribution in [1.82, 2.24) is 4.90 Å². The molecule has 2 bridgehead atoms. The zero-order chi connectivity index (χ0) is 19.2. The summed E-state index contributed by atoms with van der Waals surface area (Å²) in [6.07, 6.45) is 7.05. The van der Waals surface area contributed by atoms with Crippen LogP contribution in [0.25, 0.3) is 0 Å². The number of nitrogens with zero attached hydrogens (tertiary/aromatic N) is 2. The predicted octanol–water partition coefficient (Wildman–Crippen LogP) is 4.65. The van der Waals surface area contributed by atoms with Gasteiger partial charge in [-0.2, -0.15) is 5.26 Å². The molecule has 2 saturated heterocycles. The van der Waals surface area contributed by atoms with Crippen LogP contribution < -0.4 is 0 Å². The van der Waals surface area contributed by atoms with Crippen molar-refractivity contribution in [2.75, 3.05) is 0 Å². The average Bonchev–Trinajstić information content (AvgIpc) is 3.51. The van der Waals surface area contributed by atoms with Gasteiger partial charge in [0.25, 0.3) is 0 Å². The molecule has 2 aromatic carbocycles. The molecular formula is C25H28N2O. The molecule has 1 N–H and O–H groups in total. The number of piperidine rings is 2. The van der Waals surface area contributed by atoms with Crippen molar-refractivity contribution < 1.29 is 5.11 Å². The monoisotopic (exact) mass is 372 g/mol. The second-order valence-electron chi connectivity index (χ2n) is 9.11. The Kier molecular flexibility index (Phi) is 4.30. The summed E-state index contributed by atoms with van der Waals surface area (Å²) in [7, 11) is 0. The van der Waals surface area contributed by atoms with E-state index in [4.69, 9.17) is 0 Å². The highest BCUT2D eigenvalue weighted by Gasteiger charge is 2.48. The highest BCUT2D eigenvalue weighted by molar-refractivity contribution is 5.42. The first-order chi connectivity index (χ1) is 13.6. The van der Waals surface area contributed by atoms with Gasteiger partial charge in [-0.05, 0) is 55.2 Å². The third-order valence-corrected chi connectivity index (χ3v) is 7.28. The van der Waals surface area contributed by atoms with Crippen molar-refractivity contribution in [1.29, 1.82) is 5.26 Å². The normalized spacial score (nSPS) is 31.1. The van der Waals surface area contributed by atoms with Gasteiger partial charge in [-0.3, -0.25) is 4.90 Å². The third-order valence-electron chi connectivity index (χ3n) is 7.28. The van der Waals surface area contributed by atoms with Crippen molar-refractivity contribution in [2.45, 2.75) is 74.6 Å². The number of benzene rings is 2. The van der Waals surface area contributed by atoms with E-state index in [-0.39, 0.29) is 5.41 Å². The Labute approximate surface area is 167 Å². The quantitative estimate of drug-likeness (QED) is 0.850. The minimum absolute atomic E-state index is 0.295. The lowest BCUT2D eigenvalue weighted by Gasteiger charge is -2.52. The van der Waals surface area contributed by atoms with E-state index in [0.29, 0.717) is 12.1 Å². The first kappa shape index (κ1) is 17.9. The molecule has 2 atom stereocenters. The van der Waals surface area contributed by atoms with Crippen LogP contribution in [0.15, 0.2) is 54.6 Å². The maximum atomic E-state index is 11.7. The summed E-state index contributed by atoms with van der Waals surface area (Å²) in [6, 6.07) is 22.3. The Morgan fingerprint density at radius 2 is 1.64 bits per heavy atom. The molecule has 0 radical (unpaired) electrons. The molecular weight excluding hydrogens is 344 g/mol. The Balaban J connectivity index is 1.41. The lowest BCUT2D eigenvalue weighted by atomic mass is 9.72. The second-order valence-corrected chi connectivity index (χ2v) is 9.11. The molecule has 3 aliphatic rings. The molecule has 3 nitrogen and oxygen atoms in total. The van der Waals surface area contributed by atoms with Crippen LogP contribution in [0.3, 0.4) is 0 Å². The van der Waals surface area contributed by atoms with Crippen LogP contribution in [0.5, 0.6) is 0 Å². The van der Waals surface area contributed by atoms with E-state index in [9.17, 15) is 10.4 Å². The predicted molar refractivity (Wildman–Crippen MR) is 110 cm³/mol. The molecule has 5 rings (SSSR count). The summed E-state index contributed by atoms with van der Waals surface area (Å²) >= 11 is 0. The second kappa shape index (κ2) is 6.72. The number of hydrogen-bond acceptors (Lipinski definition) is 3. The topological polar surface area (TPSA) is 47.3 Å². The molecule has 2 aromatic rings. The lowest BCUT2D eigenvalue weighted by molar-refractivity contribution is -0.0999. The average molecular weight is 373 g/mol. The zero-order valence-corrected chi connectivity index (χ0v) is 16.3. The molecule has 1 aliphatic carbocycles. The Morgan fingerprint density at radius 3 is 2.29 bits per heavy atom. The van der Waals surface area contributed by atoms with E-state index >= 15 is 0 Å². The van der Waals surface area contributed by atoms with Gasteiger partial charge in [-0.25, -0.2) is 0 Å². The largest absolute Gasteiger partial charge is 0.385 e. The van der Waals surface area contributed by atoms with E-state index in [1.165, 1.54) is 12.0 Å². The number of rotatable bonds is 4. The first-order valence-corrected chi connectivity index (χ1v) is 10.7. The van der Waals surface area contributed by atoms with Crippen LogP contribution in [-0.4, -0.2) is 22.1 Å². The molecule has 2 heterocycles. The van der Waals surface area contributed by atoms with Crippen molar-refractivity contribution >= 4 is 0 Å². The maximum Gasteiger partial charge on any atom is 0.0926 e. The van der Waals surface area contributed by atoms with Crippen molar-refractivity contribution in [3.8, 4) is 6.07 Å². The minimum atomic E-state index is -0.773. The summed E-state index contributed by atoms with van der Waals surface area (Å²) in [5.41, 5.74) is 2.40. The minimum Gasteiger partial charge on any atom is -0.385 e. The number of fused-ring (bicyclic) bond motifs is 2. The van der Waals surface area contributed by atoms with E-state index in [0.717, 1.165) is 56.2 Å². The van der Waals surface area contributed by atoms with Crippen molar-refractivity contribution in [3.63, 3.8) is 0 Å². The molecule has 144 valence electrons. The summed E-state index contributed by atoms with van der Waals surface area (Å²) in [6.45, 7) is 0.976.